The highest BCUT2D eigenvalue weighted by atomic mass is 19.1. The number of carbonyl (C=O) groups excluding carboxylic acids is 3. The van der Waals surface area contributed by atoms with E-state index < -0.39 is 30.8 Å². The molecular weight excluding hydrogens is 349 g/mol. The number of aryl methyl sites for hydroxylation is 2. The number of halogens is 1. The van der Waals surface area contributed by atoms with Crippen molar-refractivity contribution in [3.05, 3.63) is 69.5 Å². The summed E-state index contributed by atoms with van der Waals surface area (Å²) >= 11 is 0. The molecule has 1 amide bonds. The van der Waals surface area contributed by atoms with E-state index in [0.717, 1.165) is 28.3 Å². The largest absolute Gasteiger partial charge is 0.456 e. The Kier molecular flexibility index (Phi) is 6.45. The van der Waals surface area contributed by atoms with Gasteiger partial charge in [-0.15, -0.1) is 0 Å². The Hall–Kier alpha value is -3.02. The Balaban J connectivity index is 1.93. The van der Waals surface area contributed by atoms with Gasteiger partial charge in [0.1, 0.15) is 12.4 Å². The molecule has 0 aliphatic heterocycles. The van der Waals surface area contributed by atoms with Gasteiger partial charge in [-0.1, -0.05) is 18.2 Å². The minimum atomic E-state index is -0.771. The van der Waals surface area contributed by atoms with Crippen molar-refractivity contribution in [1.29, 1.82) is 0 Å². The zero-order chi connectivity index (χ0) is 20.1. The fourth-order valence-electron chi connectivity index (χ4n) is 2.88. The predicted octanol–water partition coefficient (Wildman–Crippen LogP) is 3.22. The van der Waals surface area contributed by atoms with E-state index in [2.05, 4.69) is 5.32 Å². The van der Waals surface area contributed by atoms with Crippen LogP contribution in [0, 0.1) is 33.5 Å². The van der Waals surface area contributed by atoms with Crippen LogP contribution in [0.15, 0.2) is 30.3 Å². The van der Waals surface area contributed by atoms with E-state index in [0.29, 0.717) is 5.56 Å². The molecule has 0 spiro atoms. The van der Waals surface area contributed by atoms with Gasteiger partial charge in [0.05, 0.1) is 5.56 Å². The summed E-state index contributed by atoms with van der Waals surface area (Å²) in [6.45, 7) is 6.74. The number of carbonyl (C=O) groups is 3. The van der Waals surface area contributed by atoms with Gasteiger partial charge in [0, 0.05) is 5.56 Å². The maximum Gasteiger partial charge on any atom is 0.325 e. The van der Waals surface area contributed by atoms with E-state index in [1.54, 1.807) is 0 Å². The fraction of sp³-hybridized carbons (Fsp3) is 0.286. The first kappa shape index (κ1) is 20.3. The number of rotatable bonds is 6. The second-order valence-corrected chi connectivity index (χ2v) is 6.38. The van der Waals surface area contributed by atoms with Gasteiger partial charge in [-0.05, 0) is 62.1 Å². The summed E-state index contributed by atoms with van der Waals surface area (Å²) < 4.78 is 18.5. The molecule has 2 aromatic carbocycles. The van der Waals surface area contributed by atoms with Gasteiger partial charge in [0.15, 0.2) is 6.61 Å². The third-order valence-corrected chi connectivity index (χ3v) is 4.51. The molecule has 2 rings (SSSR count). The lowest BCUT2D eigenvalue weighted by Crippen LogP contribution is -2.32. The molecule has 0 aromatic heterocycles. The summed E-state index contributed by atoms with van der Waals surface area (Å²) in [7, 11) is 0. The lowest BCUT2D eigenvalue weighted by molar-refractivity contribution is -0.141. The van der Waals surface area contributed by atoms with Crippen molar-refractivity contribution < 1.29 is 23.5 Å². The molecule has 0 saturated carbocycles. The number of hydrogen-bond acceptors (Lipinski definition) is 4. The zero-order valence-electron chi connectivity index (χ0n) is 15.8. The minimum absolute atomic E-state index is 0.164. The molecule has 6 heteroatoms. The molecule has 0 bridgehead atoms. The molecule has 0 saturated heterocycles. The van der Waals surface area contributed by atoms with Crippen molar-refractivity contribution in [2.75, 3.05) is 13.2 Å². The maximum absolute atomic E-state index is 13.5. The Morgan fingerprint density at radius 3 is 2.33 bits per heavy atom. The van der Waals surface area contributed by atoms with Gasteiger partial charge >= 0.3 is 5.97 Å². The first-order chi connectivity index (χ1) is 12.7. The monoisotopic (exact) mass is 371 g/mol. The van der Waals surface area contributed by atoms with Gasteiger partial charge in [0.2, 0.25) is 5.78 Å². The lowest BCUT2D eigenvalue weighted by atomic mass is 9.92. The topological polar surface area (TPSA) is 72.5 Å². The Labute approximate surface area is 157 Å². The lowest BCUT2D eigenvalue weighted by Gasteiger charge is -2.14. The van der Waals surface area contributed by atoms with Crippen molar-refractivity contribution in [1.82, 2.24) is 5.32 Å². The van der Waals surface area contributed by atoms with E-state index in [1.165, 1.54) is 18.2 Å². The Bertz CT molecular complexity index is 905. The predicted molar refractivity (Wildman–Crippen MR) is 99.4 cm³/mol. The van der Waals surface area contributed by atoms with Crippen molar-refractivity contribution in [3.63, 3.8) is 0 Å². The van der Waals surface area contributed by atoms with Crippen LogP contribution in [-0.4, -0.2) is 30.8 Å². The van der Waals surface area contributed by atoms with Crippen LogP contribution in [0.25, 0.3) is 0 Å². The average Bonchev–Trinajstić information content (AvgIpc) is 2.63. The Morgan fingerprint density at radius 1 is 1.00 bits per heavy atom. The molecule has 0 radical (unpaired) electrons. The third kappa shape index (κ3) is 4.78. The van der Waals surface area contributed by atoms with Crippen molar-refractivity contribution in [3.8, 4) is 0 Å². The first-order valence-corrected chi connectivity index (χ1v) is 8.51. The normalized spacial score (nSPS) is 10.4. The number of hydrogen-bond donors (Lipinski definition) is 1. The summed E-state index contributed by atoms with van der Waals surface area (Å²) in [4.78, 5) is 36.1. The zero-order valence-corrected chi connectivity index (χ0v) is 15.8. The molecular formula is C21H22FNO4. The van der Waals surface area contributed by atoms with E-state index in [4.69, 9.17) is 4.74 Å². The quantitative estimate of drug-likeness (QED) is 0.625. The second kappa shape index (κ2) is 8.58. The van der Waals surface area contributed by atoms with E-state index >= 15 is 0 Å². The van der Waals surface area contributed by atoms with E-state index in [-0.39, 0.29) is 11.3 Å². The molecule has 0 aliphatic carbocycles. The maximum atomic E-state index is 13.5. The molecule has 0 aliphatic rings. The van der Waals surface area contributed by atoms with E-state index in [1.807, 2.05) is 33.8 Å². The number of amides is 1. The van der Waals surface area contributed by atoms with Crippen LogP contribution < -0.4 is 5.32 Å². The molecule has 0 unspecified atom stereocenters. The summed E-state index contributed by atoms with van der Waals surface area (Å²) in [5.74, 6) is -2.48. The second-order valence-electron chi connectivity index (χ2n) is 6.38. The first-order valence-electron chi connectivity index (χ1n) is 8.51. The molecule has 5 nitrogen and oxygen atoms in total. The highest BCUT2D eigenvalue weighted by Crippen LogP contribution is 2.22. The highest BCUT2D eigenvalue weighted by molar-refractivity contribution is 6.01. The molecule has 142 valence electrons. The number of Topliss-reactive ketones (excluding diaryl/α,β-unsaturated/α-hetero) is 1. The van der Waals surface area contributed by atoms with Crippen LogP contribution in [0.2, 0.25) is 0 Å². The number of ketones is 1. The van der Waals surface area contributed by atoms with Crippen LogP contribution in [0.1, 0.15) is 43.0 Å². The van der Waals surface area contributed by atoms with Gasteiger partial charge in [-0.3, -0.25) is 14.4 Å². The SMILES string of the molecule is Cc1cc(C)c(C(=O)COC(=O)CNC(=O)c2ccccc2F)c(C)c1C. The number of ether oxygens (including phenoxy) is 1. The Morgan fingerprint density at radius 2 is 1.67 bits per heavy atom. The minimum Gasteiger partial charge on any atom is -0.456 e. The van der Waals surface area contributed by atoms with Crippen molar-refractivity contribution >= 4 is 17.7 Å². The number of benzene rings is 2. The van der Waals surface area contributed by atoms with Gasteiger partial charge in [-0.25, -0.2) is 4.39 Å². The van der Waals surface area contributed by atoms with Gasteiger partial charge in [0.25, 0.3) is 5.91 Å². The van der Waals surface area contributed by atoms with E-state index in [9.17, 15) is 18.8 Å². The third-order valence-electron chi connectivity index (χ3n) is 4.51. The van der Waals surface area contributed by atoms with Crippen LogP contribution in [0.4, 0.5) is 4.39 Å². The van der Waals surface area contributed by atoms with Crippen molar-refractivity contribution in [2.45, 2.75) is 27.7 Å². The average molecular weight is 371 g/mol. The summed E-state index contributed by atoms with van der Waals surface area (Å²) in [5, 5.41) is 2.28. The summed E-state index contributed by atoms with van der Waals surface area (Å²) in [6.07, 6.45) is 0. The molecule has 0 atom stereocenters. The highest BCUT2D eigenvalue weighted by Gasteiger charge is 2.18. The summed E-state index contributed by atoms with van der Waals surface area (Å²) in [5.41, 5.74) is 4.18. The standard InChI is InChI=1S/C21H22FNO4/c1-12-9-13(2)20(15(4)14(12)3)18(24)11-27-19(25)10-23-21(26)16-7-5-6-8-17(16)22/h5-9H,10-11H2,1-4H3,(H,23,26). The van der Waals surface area contributed by atoms with Gasteiger partial charge in [-0.2, -0.15) is 0 Å². The van der Waals surface area contributed by atoms with Crippen LogP contribution >= 0.6 is 0 Å². The molecule has 2 aromatic rings. The van der Waals surface area contributed by atoms with Crippen molar-refractivity contribution in [2.24, 2.45) is 0 Å². The van der Waals surface area contributed by atoms with Gasteiger partial charge < -0.3 is 10.1 Å². The summed E-state index contributed by atoms with van der Waals surface area (Å²) in [6, 6.07) is 7.36. The molecule has 27 heavy (non-hydrogen) atoms. The molecule has 0 heterocycles. The number of esters is 1. The smallest absolute Gasteiger partial charge is 0.325 e. The number of nitrogens with one attached hydrogen (secondary N) is 1. The van der Waals surface area contributed by atoms with Crippen LogP contribution in [-0.2, 0) is 9.53 Å². The van der Waals surface area contributed by atoms with Crippen LogP contribution in [0.5, 0.6) is 0 Å². The molecule has 1 N–H and O–H groups in total. The van der Waals surface area contributed by atoms with Crippen LogP contribution in [0.3, 0.4) is 0 Å². The molecule has 0 fully saturated rings. The fourth-order valence-corrected chi connectivity index (χ4v) is 2.88.